The lowest BCUT2D eigenvalue weighted by molar-refractivity contribution is 0.0819. The zero-order chi connectivity index (χ0) is 27.7. The van der Waals surface area contributed by atoms with E-state index in [9.17, 15) is 4.79 Å². The van der Waals surface area contributed by atoms with Gasteiger partial charge in [0.2, 0.25) is 0 Å². The Morgan fingerprint density at radius 2 is 1.73 bits per heavy atom. The Morgan fingerprint density at radius 1 is 1.00 bits per heavy atom. The summed E-state index contributed by atoms with van der Waals surface area (Å²) in [7, 11) is 1.79. The molecule has 2 fully saturated rings. The van der Waals surface area contributed by atoms with E-state index >= 15 is 0 Å². The van der Waals surface area contributed by atoms with Gasteiger partial charge in [-0.05, 0) is 80.5 Å². The number of carbonyl (C=O) groups excluding carboxylic acids is 1. The summed E-state index contributed by atoms with van der Waals surface area (Å²) < 4.78 is 5.53. The summed E-state index contributed by atoms with van der Waals surface area (Å²) in [4.78, 5) is 22.4. The number of nitrogens with one attached hydrogen (secondary N) is 2. The molecule has 40 heavy (non-hydrogen) atoms. The monoisotopic (exact) mass is 538 g/mol. The molecule has 0 atom stereocenters. The predicted octanol–water partition coefficient (Wildman–Crippen LogP) is 5.71. The van der Waals surface area contributed by atoms with E-state index in [-0.39, 0.29) is 18.1 Å². The molecule has 208 valence electrons. The number of aromatic nitrogens is 1. The Hall–Kier alpha value is -4.09. The molecule has 0 bridgehead atoms. The molecule has 0 unspecified atom stereocenters. The molecule has 1 saturated carbocycles. The molecular weight excluding hydrogens is 500 g/mol. The highest BCUT2D eigenvalue weighted by Crippen LogP contribution is 2.31. The van der Waals surface area contributed by atoms with E-state index in [2.05, 4.69) is 50.9 Å². The lowest BCUT2D eigenvalue weighted by Gasteiger charge is -2.38. The van der Waals surface area contributed by atoms with Gasteiger partial charge in [-0.1, -0.05) is 30.3 Å². The first-order valence-corrected chi connectivity index (χ1v) is 14.2. The molecule has 8 heteroatoms. The molecule has 1 saturated heterocycles. The van der Waals surface area contributed by atoms with Gasteiger partial charge in [0.25, 0.3) is 0 Å². The summed E-state index contributed by atoms with van der Waals surface area (Å²) in [5.74, 6) is 0.782. The van der Waals surface area contributed by atoms with Crippen molar-refractivity contribution in [2.75, 3.05) is 35.3 Å². The Kier molecular flexibility index (Phi) is 9.15. The third-order valence-electron chi connectivity index (χ3n) is 8.08. The number of nitrogens with zero attached hydrogens (tertiary/aromatic N) is 4. The molecule has 1 aliphatic carbocycles. The summed E-state index contributed by atoms with van der Waals surface area (Å²) >= 11 is 0. The van der Waals surface area contributed by atoms with Gasteiger partial charge in [-0.15, -0.1) is 0 Å². The molecule has 0 radical (unpaired) electrons. The number of urea groups is 1. The summed E-state index contributed by atoms with van der Waals surface area (Å²) in [5, 5.41) is 15.7. The molecule has 2 amide bonds. The number of rotatable bonds is 8. The largest absolute Gasteiger partial charge is 0.381 e. The summed E-state index contributed by atoms with van der Waals surface area (Å²) in [5.41, 5.74) is 3.74. The van der Waals surface area contributed by atoms with Gasteiger partial charge in [0.15, 0.2) is 0 Å². The Morgan fingerprint density at radius 3 is 2.35 bits per heavy atom. The fourth-order valence-electron chi connectivity index (χ4n) is 5.76. The van der Waals surface area contributed by atoms with Gasteiger partial charge in [0.05, 0.1) is 11.7 Å². The lowest BCUT2D eigenvalue weighted by atomic mass is 9.90. The van der Waals surface area contributed by atoms with Gasteiger partial charge in [-0.25, -0.2) is 9.78 Å². The average Bonchev–Trinajstić information content (AvgIpc) is 3.02. The third kappa shape index (κ3) is 6.91. The van der Waals surface area contributed by atoms with E-state index in [0.29, 0.717) is 18.2 Å². The van der Waals surface area contributed by atoms with Gasteiger partial charge in [-0.3, -0.25) is 4.90 Å². The number of ether oxygens (including phenoxy) is 1. The van der Waals surface area contributed by atoms with Crippen molar-refractivity contribution in [2.45, 2.75) is 63.3 Å². The predicted molar refractivity (Wildman–Crippen MR) is 158 cm³/mol. The summed E-state index contributed by atoms with van der Waals surface area (Å²) in [6.07, 6.45) is 7.64. The Labute approximate surface area is 237 Å². The number of benzene rings is 2. The quantitative estimate of drug-likeness (QED) is 0.382. The van der Waals surface area contributed by atoms with E-state index in [1.165, 1.54) is 5.69 Å². The molecule has 3 aromatic rings. The fourth-order valence-corrected chi connectivity index (χ4v) is 5.76. The number of nitriles is 1. The van der Waals surface area contributed by atoms with E-state index in [1.807, 2.05) is 41.3 Å². The van der Waals surface area contributed by atoms with Crippen LogP contribution in [0.2, 0.25) is 0 Å². The minimum atomic E-state index is -0.0670. The molecule has 1 aliphatic heterocycles. The van der Waals surface area contributed by atoms with Crippen molar-refractivity contribution in [2.24, 2.45) is 0 Å². The number of pyridine rings is 1. The number of hydrogen-bond acceptors (Lipinski definition) is 6. The molecule has 0 spiro atoms. The second kappa shape index (κ2) is 13.3. The molecule has 2 aliphatic rings. The van der Waals surface area contributed by atoms with E-state index in [0.717, 1.165) is 68.7 Å². The second-order valence-electron chi connectivity index (χ2n) is 10.6. The van der Waals surface area contributed by atoms with E-state index < -0.39 is 0 Å². The van der Waals surface area contributed by atoms with Gasteiger partial charge >= 0.3 is 6.03 Å². The highest BCUT2D eigenvalue weighted by atomic mass is 16.5. The van der Waals surface area contributed by atoms with Crippen LogP contribution in [-0.2, 0) is 11.3 Å². The van der Waals surface area contributed by atoms with Crippen LogP contribution in [0.5, 0.6) is 0 Å². The zero-order valence-electron chi connectivity index (χ0n) is 23.1. The highest BCUT2D eigenvalue weighted by Gasteiger charge is 2.30. The van der Waals surface area contributed by atoms with E-state index in [4.69, 9.17) is 10.00 Å². The first kappa shape index (κ1) is 27.5. The Bertz CT molecular complexity index is 1260. The maximum absolute atomic E-state index is 13.6. The van der Waals surface area contributed by atoms with Gasteiger partial charge in [0.1, 0.15) is 11.9 Å². The molecule has 1 aromatic heterocycles. The smallest absolute Gasteiger partial charge is 0.322 e. The third-order valence-corrected chi connectivity index (χ3v) is 8.08. The van der Waals surface area contributed by atoms with Gasteiger partial charge in [0, 0.05) is 56.4 Å². The molecule has 5 rings (SSSR count). The van der Waals surface area contributed by atoms with Crippen LogP contribution in [0.25, 0.3) is 0 Å². The molecule has 2 heterocycles. The van der Waals surface area contributed by atoms with Crippen molar-refractivity contribution in [3.05, 3.63) is 84.1 Å². The van der Waals surface area contributed by atoms with Crippen LogP contribution >= 0.6 is 0 Å². The number of methoxy groups -OCH3 is 1. The molecule has 8 nitrogen and oxygen atoms in total. The van der Waals surface area contributed by atoms with Crippen molar-refractivity contribution < 1.29 is 9.53 Å². The highest BCUT2D eigenvalue weighted by molar-refractivity contribution is 5.92. The number of piperidine rings is 1. The number of anilines is 3. The van der Waals surface area contributed by atoms with Crippen molar-refractivity contribution in [3.63, 3.8) is 0 Å². The lowest BCUT2D eigenvalue weighted by Crippen LogP contribution is -2.48. The van der Waals surface area contributed by atoms with Gasteiger partial charge in [-0.2, -0.15) is 5.26 Å². The van der Waals surface area contributed by atoms with Crippen LogP contribution in [0.1, 0.15) is 49.7 Å². The first-order valence-electron chi connectivity index (χ1n) is 14.2. The summed E-state index contributed by atoms with van der Waals surface area (Å²) in [6.45, 7) is 2.44. The first-order chi connectivity index (χ1) is 19.6. The number of hydrogen-bond donors (Lipinski definition) is 2. The topological polar surface area (TPSA) is 93.5 Å². The van der Waals surface area contributed by atoms with Crippen LogP contribution in [0.3, 0.4) is 0 Å². The minimum absolute atomic E-state index is 0.0670. The van der Waals surface area contributed by atoms with Crippen molar-refractivity contribution in [1.82, 2.24) is 10.3 Å². The molecule has 2 N–H and O–H groups in total. The van der Waals surface area contributed by atoms with Crippen LogP contribution in [0.4, 0.5) is 22.0 Å². The van der Waals surface area contributed by atoms with E-state index in [1.54, 1.807) is 19.4 Å². The number of carbonyl (C=O) groups is 1. The second-order valence-corrected chi connectivity index (χ2v) is 10.6. The average molecular weight is 539 g/mol. The molecule has 2 aromatic carbocycles. The molecular formula is C32H38N6O2. The Balaban J connectivity index is 1.26. The minimum Gasteiger partial charge on any atom is -0.381 e. The van der Waals surface area contributed by atoms with Crippen molar-refractivity contribution in [3.8, 4) is 6.07 Å². The number of amides is 2. The fraction of sp³-hybridized carbons (Fsp3) is 0.406. The van der Waals surface area contributed by atoms with Crippen LogP contribution in [-0.4, -0.2) is 49.4 Å². The summed E-state index contributed by atoms with van der Waals surface area (Å²) in [6, 6.07) is 24.5. The van der Waals surface area contributed by atoms with Crippen LogP contribution in [0.15, 0.2) is 72.9 Å². The van der Waals surface area contributed by atoms with Crippen LogP contribution in [0, 0.1) is 11.3 Å². The van der Waals surface area contributed by atoms with Gasteiger partial charge < -0.3 is 20.3 Å². The zero-order valence-corrected chi connectivity index (χ0v) is 23.1. The SMILES string of the molecule is COC1CCN(c2ccc(N(C(=O)NCc3ccccc3)C3CCC(Nc4ccc(C#N)cn4)CC3)cc2)CC1. The maximum atomic E-state index is 13.6. The van der Waals surface area contributed by atoms with Crippen LogP contribution < -0.4 is 20.4 Å². The van der Waals surface area contributed by atoms with Crippen molar-refractivity contribution in [1.29, 1.82) is 5.26 Å². The standard InChI is InChI=1S/C32H38N6O2/c1-40-30-17-19-37(20-18-30)27-12-14-29(15-13-27)38(32(39)35-22-24-5-3-2-4-6-24)28-10-8-26(9-11-28)36-31-16-7-25(21-33)23-34-31/h2-7,12-16,23,26,28,30H,8-11,17-20,22H2,1H3,(H,34,36)(H,35,39). The van der Waals surface area contributed by atoms with Crippen molar-refractivity contribution >= 4 is 23.2 Å². The maximum Gasteiger partial charge on any atom is 0.322 e. The normalized spacial score (nSPS) is 19.4.